The minimum atomic E-state index is -3.95. The normalized spacial score (nSPS) is 22.8. The number of nitrogens with one attached hydrogen (secondary N) is 5. The van der Waals surface area contributed by atoms with Gasteiger partial charge in [0.25, 0.3) is 22.0 Å². The summed E-state index contributed by atoms with van der Waals surface area (Å²) < 4.78 is 106. The zero-order valence-electron chi connectivity index (χ0n) is 44.6. The number of nitrogens with two attached hydrogens (primary N) is 2. The Morgan fingerprint density at radius 3 is 1.16 bits per heavy atom. The fraction of sp³-hybridized carbons (Fsp3) is 0.725. The van der Waals surface area contributed by atoms with Crippen molar-refractivity contribution in [3.8, 4) is 0 Å². The summed E-state index contributed by atoms with van der Waals surface area (Å²) in [5, 5.41) is 25.0. The van der Waals surface area contributed by atoms with E-state index in [1.165, 1.54) is 40.3 Å². The number of alkyl carbamates (subject to hydrolysis) is 2. The maximum absolute atomic E-state index is 12.4. The first kappa shape index (κ1) is 76.1. The molecule has 10 N–H and O–H groups in total. The molecular weight excluding hydrogens is 1060 g/mol. The van der Waals surface area contributed by atoms with Gasteiger partial charge in [0, 0.05) is 72.1 Å². The molecule has 0 aromatic heterocycles. The third-order valence-corrected chi connectivity index (χ3v) is 15.7. The van der Waals surface area contributed by atoms with E-state index < -0.39 is 98.6 Å². The number of ether oxygens (including phenoxy) is 2. The van der Waals surface area contributed by atoms with Crippen LogP contribution in [0.5, 0.6) is 0 Å². The summed E-state index contributed by atoms with van der Waals surface area (Å²) in [6, 6.07) is 0. The summed E-state index contributed by atoms with van der Waals surface area (Å²) in [6.07, 6.45) is 4.19. The van der Waals surface area contributed by atoms with Crippen molar-refractivity contribution in [2.75, 3.05) is 54.4 Å². The Morgan fingerprint density at radius 2 is 0.945 bits per heavy atom. The Labute approximate surface area is 451 Å². The zero-order chi connectivity index (χ0) is 56.7. The molecule has 3 saturated carbocycles. The first-order valence-corrected chi connectivity index (χ1v) is 27.6. The van der Waals surface area contributed by atoms with Gasteiger partial charge in [-0.1, -0.05) is 45.9 Å². The molecule has 0 heterocycles. The topological polar surface area (TPSA) is 398 Å². The maximum Gasteiger partial charge on any atom is 1.00 e. The summed E-state index contributed by atoms with van der Waals surface area (Å²) in [7, 11) is -9.28. The molecule has 33 heteroatoms. The van der Waals surface area contributed by atoms with Crippen LogP contribution in [-0.2, 0) is 64.7 Å². The van der Waals surface area contributed by atoms with Crippen molar-refractivity contribution in [3.05, 3.63) is 43.1 Å². The van der Waals surface area contributed by atoms with E-state index in [0.29, 0.717) is 25.9 Å². The number of carbonyl (C=O) groups excluding carboxylic acids is 4. The van der Waals surface area contributed by atoms with Crippen LogP contribution in [0, 0.1) is 17.8 Å². The Hall–Kier alpha value is -3.42. The SMILES string of the molecule is C=CC1C[C@]1(N)C(=O)NS(=O)(=O)N(C)CC.C=CC1C[C@]1(NC(=O)OC(C)(C)C)C(=O)NS(=O)(=O)N(C)CC.C=CC1C[C@]1(NC(=O)OC(C)(C)C)C(=O)O.CCN(C)S(N)(=O)=O.CCN(C)S([NH-])(=O)=O.Cl.[Li+]. The number of carboxylic acids is 1. The second-order valence-electron chi connectivity index (χ2n) is 18.3. The van der Waals surface area contributed by atoms with Gasteiger partial charge in [-0.05, 0) is 60.8 Å². The second-order valence-corrected chi connectivity index (χ2v) is 25.0. The summed E-state index contributed by atoms with van der Waals surface area (Å²) in [4.78, 5) is 58.5. The van der Waals surface area contributed by atoms with Crippen molar-refractivity contribution < 1.29 is 91.1 Å². The van der Waals surface area contributed by atoms with E-state index >= 15 is 0 Å². The van der Waals surface area contributed by atoms with Gasteiger partial charge in [-0.15, -0.1) is 32.1 Å². The van der Waals surface area contributed by atoms with Crippen LogP contribution in [0.1, 0.15) is 88.5 Å². The molecule has 422 valence electrons. The standard InChI is InChI=1S/C14H25N3O5S.C11H17NO4.C9H17N3O3S.C3H10N2O2S.C3H9N2O2S.ClH.Li/c1-7-10-9-14(10,15-12(19)22-13(3,4)5)11(18)16-23(20,21)17(6)8-2;1-5-7-6-11(7,8(13)14)12-9(15)16-10(2,3)4;1-4-7-6-9(7,10)8(13)11-16(14,15)12(3)5-2;2*1-3-5(2)8(4,6)7;;/h7,10H,1,8-9H2,2-6H3,(H,15,19)(H,16,18);5,7H,1,6H2,2-4H3,(H,12,15)(H,13,14);4,7H,1,5-6,10H2,2-3H3,(H,11,13);3H2,1-2H3,(H2,4,6,7);3H2,1-2H3,(H-,4,6,7);1H;/q;;;;-1;;+1/t10?,14-;7?,11-;7?,9-;;;;/m111..../s1. The quantitative estimate of drug-likeness (QED) is 0.0595. The molecule has 73 heavy (non-hydrogen) atoms. The molecule has 0 radical (unpaired) electrons. The fourth-order valence-corrected chi connectivity index (χ4v) is 7.68. The number of aliphatic carboxylic acids is 1. The van der Waals surface area contributed by atoms with Crippen LogP contribution in [0.25, 0.3) is 5.14 Å². The molecule has 3 rings (SSSR count). The first-order chi connectivity index (χ1) is 31.8. The average molecular weight is 1140 g/mol. The number of nitrogens with zero attached hydrogens (tertiary/aromatic N) is 4. The van der Waals surface area contributed by atoms with Crippen molar-refractivity contribution in [1.29, 1.82) is 0 Å². The molecule has 0 spiro atoms. The van der Waals surface area contributed by atoms with Gasteiger partial charge in [-0.3, -0.25) is 9.59 Å². The maximum atomic E-state index is 12.4. The summed E-state index contributed by atoms with van der Waals surface area (Å²) in [6.45, 7) is 28.8. The smallest absolute Gasteiger partial charge is 0.550 e. The fourth-order valence-electron chi connectivity index (χ4n) is 5.15. The molecule has 3 aliphatic carbocycles. The third kappa shape index (κ3) is 25.3. The van der Waals surface area contributed by atoms with Crippen LogP contribution in [-0.4, -0.2) is 168 Å². The molecule has 4 amide bonds. The molecule has 0 saturated heterocycles. The predicted octanol–water partition coefficient (Wildman–Crippen LogP) is -1.69. The van der Waals surface area contributed by atoms with Crippen LogP contribution in [0.2, 0.25) is 0 Å². The van der Waals surface area contributed by atoms with E-state index in [2.05, 4.69) is 35.5 Å². The van der Waals surface area contributed by atoms with E-state index in [-0.39, 0.29) is 68.5 Å². The van der Waals surface area contributed by atoms with Crippen LogP contribution in [0.15, 0.2) is 38.0 Å². The number of rotatable bonds is 18. The van der Waals surface area contributed by atoms with Gasteiger partial charge in [-0.2, -0.15) is 38.2 Å². The monoisotopic (exact) mass is 1140 g/mol. The van der Waals surface area contributed by atoms with Crippen molar-refractivity contribution in [2.24, 2.45) is 28.6 Å². The Kier molecular flexibility index (Phi) is 31.0. The van der Waals surface area contributed by atoms with Crippen LogP contribution in [0.3, 0.4) is 0 Å². The minimum Gasteiger partial charge on any atom is -0.550 e. The zero-order valence-corrected chi connectivity index (χ0v) is 48.7. The molecule has 0 aromatic carbocycles. The second kappa shape index (κ2) is 29.8. The molecule has 0 bridgehead atoms. The number of hydrogen-bond donors (Lipinski definition) is 7. The van der Waals surface area contributed by atoms with E-state index in [4.69, 9.17) is 25.5 Å². The molecule has 0 aliphatic heterocycles. The molecule has 6 atom stereocenters. The van der Waals surface area contributed by atoms with Crippen molar-refractivity contribution in [3.63, 3.8) is 0 Å². The van der Waals surface area contributed by atoms with Gasteiger partial charge in [-0.25, -0.2) is 41.7 Å². The number of halogens is 1. The van der Waals surface area contributed by atoms with Crippen molar-refractivity contribution in [1.82, 2.24) is 37.3 Å². The minimum absolute atomic E-state index is 0. The van der Waals surface area contributed by atoms with E-state index in [1.807, 2.05) is 9.44 Å². The van der Waals surface area contributed by atoms with Gasteiger partial charge >= 0.3 is 57.4 Å². The van der Waals surface area contributed by atoms with Crippen LogP contribution >= 0.6 is 12.4 Å². The molecule has 3 aliphatic rings. The van der Waals surface area contributed by atoms with Crippen molar-refractivity contribution >= 4 is 83.2 Å². The number of amides is 4. The number of hydrogen-bond acceptors (Lipinski definition) is 16. The summed E-state index contributed by atoms with van der Waals surface area (Å²) in [5.41, 5.74) is 0.696. The molecular formula is C40H79ClLiN11O16S4. The molecule has 3 fully saturated rings. The van der Waals surface area contributed by atoms with E-state index in [0.717, 1.165) is 17.2 Å². The number of carboxylic acid groups (broad SMARTS) is 1. The Bertz CT molecular complexity index is 2340. The predicted molar refractivity (Wildman–Crippen MR) is 275 cm³/mol. The number of carbonyl (C=O) groups is 5. The molecule has 3 unspecified atom stereocenters. The largest absolute Gasteiger partial charge is 1.00 e. The van der Waals surface area contributed by atoms with Gasteiger partial charge in [0.05, 0.1) is 0 Å². The van der Waals surface area contributed by atoms with Gasteiger partial charge < -0.3 is 36.1 Å². The van der Waals surface area contributed by atoms with Crippen LogP contribution in [0.4, 0.5) is 9.59 Å². The van der Waals surface area contributed by atoms with E-state index in [1.54, 1.807) is 75.3 Å². The third-order valence-electron chi connectivity index (χ3n) is 10.5. The van der Waals surface area contributed by atoms with Gasteiger partial charge in [0.15, 0.2) is 0 Å². The molecule has 0 aromatic rings. The average Bonchev–Trinajstić information content (AvgIpc) is 4.17. The Balaban J connectivity index is -0.000000427. The van der Waals surface area contributed by atoms with Crippen molar-refractivity contribution in [2.45, 2.75) is 116 Å². The van der Waals surface area contributed by atoms with Crippen LogP contribution < -0.4 is 49.8 Å². The van der Waals surface area contributed by atoms with E-state index in [9.17, 15) is 57.6 Å². The summed E-state index contributed by atoms with van der Waals surface area (Å²) >= 11 is 0. The first-order valence-electron chi connectivity index (χ1n) is 21.8. The van der Waals surface area contributed by atoms with Gasteiger partial charge in [0.1, 0.15) is 38.0 Å². The van der Waals surface area contributed by atoms with Gasteiger partial charge in [0.2, 0.25) is 0 Å². The summed E-state index contributed by atoms with van der Waals surface area (Å²) in [5.74, 6) is -3.24. The molecule has 27 nitrogen and oxygen atoms in total. The Morgan fingerprint density at radius 1 is 0.630 bits per heavy atom.